The maximum absolute atomic E-state index is 13.1. The van der Waals surface area contributed by atoms with Crippen LogP contribution in [0.5, 0.6) is 11.5 Å². The Morgan fingerprint density at radius 1 is 1.04 bits per heavy atom. The monoisotopic (exact) mass is 380 g/mol. The van der Waals surface area contributed by atoms with Gasteiger partial charge >= 0.3 is 5.97 Å². The second kappa shape index (κ2) is 10.9. The molecule has 138 valence electrons. The molecule has 0 amide bonds. The van der Waals surface area contributed by atoms with Gasteiger partial charge < -0.3 is 14.6 Å². The minimum atomic E-state index is -1.10. The molecule has 0 aliphatic heterocycles. The fraction of sp³-hybridized carbons (Fsp3) is 0.105. The van der Waals surface area contributed by atoms with Crippen LogP contribution in [0.2, 0.25) is 0 Å². The lowest BCUT2D eigenvalue weighted by Gasteiger charge is -2.01. The van der Waals surface area contributed by atoms with Gasteiger partial charge in [-0.1, -0.05) is 30.4 Å². The number of carbonyl (C=O) groups is 1. The van der Waals surface area contributed by atoms with Crippen LogP contribution >= 0.6 is 12.6 Å². The largest absolute Gasteiger partial charge is 0.494 e. The summed E-state index contributed by atoms with van der Waals surface area (Å²) in [6, 6.07) is 10.6. The SMILES string of the molecule is COc1cc(/C=C/C=C(\S)C(=O)O)ccc1F.COc1ccccc1F. The number of hydrogen-bond donors (Lipinski definition) is 2. The average molecular weight is 380 g/mol. The first-order valence-electron chi connectivity index (χ1n) is 7.31. The van der Waals surface area contributed by atoms with Crippen LogP contribution < -0.4 is 9.47 Å². The molecule has 0 aliphatic carbocycles. The summed E-state index contributed by atoms with van der Waals surface area (Å²) < 4.78 is 35.0. The molecule has 26 heavy (non-hydrogen) atoms. The van der Waals surface area contributed by atoms with E-state index in [4.69, 9.17) is 9.84 Å². The van der Waals surface area contributed by atoms with Gasteiger partial charge in [-0.25, -0.2) is 13.6 Å². The molecule has 4 nitrogen and oxygen atoms in total. The van der Waals surface area contributed by atoms with E-state index in [0.717, 1.165) is 0 Å². The number of carboxylic acids is 1. The normalized spacial score (nSPS) is 10.9. The van der Waals surface area contributed by atoms with Gasteiger partial charge in [0, 0.05) is 0 Å². The van der Waals surface area contributed by atoms with E-state index in [9.17, 15) is 13.6 Å². The molecule has 0 aliphatic rings. The van der Waals surface area contributed by atoms with Crippen molar-refractivity contribution in [1.82, 2.24) is 0 Å². The maximum atomic E-state index is 13.1. The van der Waals surface area contributed by atoms with Gasteiger partial charge in [-0.2, -0.15) is 0 Å². The number of methoxy groups -OCH3 is 2. The summed E-state index contributed by atoms with van der Waals surface area (Å²) in [6.45, 7) is 0. The summed E-state index contributed by atoms with van der Waals surface area (Å²) in [7, 11) is 2.82. The van der Waals surface area contributed by atoms with Crippen LogP contribution in [-0.4, -0.2) is 25.3 Å². The van der Waals surface area contributed by atoms with E-state index >= 15 is 0 Å². The fourth-order valence-electron chi connectivity index (χ4n) is 1.71. The standard InChI is InChI=1S/C12H11FO3S.C7H7FO/c1-16-10-7-8(5-6-9(10)13)3-2-4-11(17)12(14)15;1-9-7-5-3-2-4-6(7)8/h2-7,17H,1H3,(H,14,15);2-5H,1H3/b3-2+,11-4-;. The molecule has 1 N–H and O–H groups in total. The lowest BCUT2D eigenvalue weighted by Crippen LogP contribution is -1.92. The molecule has 0 heterocycles. The molecule has 0 atom stereocenters. The van der Waals surface area contributed by atoms with Gasteiger partial charge in [-0.15, -0.1) is 12.6 Å². The van der Waals surface area contributed by atoms with Crippen molar-refractivity contribution in [1.29, 1.82) is 0 Å². The Morgan fingerprint density at radius 3 is 2.19 bits per heavy atom. The summed E-state index contributed by atoms with van der Waals surface area (Å²) in [6.07, 6.45) is 4.48. The number of rotatable bonds is 5. The quantitative estimate of drug-likeness (QED) is 0.453. The smallest absolute Gasteiger partial charge is 0.341 e. The zero-order chi connectivity index (χ0) is 19.5. The zero-order valence-electron chi connectivity index (χ0n) is 14.1. The van der Waals surface area contributed by atoms with E-state index in [-0.39, 0.29) is 22.2 Å². The van der Waals surface area contributed by atoms with Crippen LogP contribution in [0.3, 0.4) is 0 Å². The van der Waals surface area contributed by atoms with Crippen molar-refractivity contribution in [2.24, 2.45) is 0 Å². The molecule has 0 fully saturated rings. The van der Waals surface area contributed by atoms with E-state index in [2.05, 4.69) is 17.4 Å². The summed E-state index contributed by atoms with van der Waals surface area (Å²) in [5, 5.41) is 8.55. The van der Waals surface area contributed by atoms with Crippen molar-refractivity contribution in [2.45, 2.75) is 0 Å². The minimum Gasteiger partial charge on any atom is -0.494 e. The highest BCUT2D eigenvalue weighted by atomic mass is 32.1. The molecule has 0 bridgehead atoms. The highest BCUT2D eigenvalue weighted by Crippen LogP contribution is 2.19. The predicted molar refractivity (Wildman–Crippen MR) is 99.6 cm³/mol. The van der Waals surface area contributed by atoms with E-state index in [1.165, 1.54) is 44.6 Å². The van der Waals surface area contributed by atoms with Gasteiger partial charge in [0.25, 0.3) is 0 Å². The van der Waals surface area contributed by atoms with Crippen molar-refractivity contribution in [2.75, 3.05) is 14.2 Å². The Labute approximate surface area is 155 Å². The predicted octanol–water partition coefficient (Wildman–Crippen LogP) is 4.58. The van der Waals surface area contributed by atoms with Crippen LogP contribution in [0.15, 0.2) is 59.5 Å². The van der Waals surface area contributed by atoms with Crippen molar-refractivity contribution in [3.05, 3.63) is 76.7 Å². The van der Waals surface area contributed by atoms with Gasteiger partial charge in [0.2, 0.25) is 0 Å². The van der Waals surface area contributed by atoms with E-state index in [0.29, 0.717) is 5.56 Å². The Kier molecular flexibility index (Phi) is 8.94. The molecule has 2 aromatic carbocycles. The molecule has 2 rings (SSSR count). The number of para-hydroxylation sites is 1. The highest BCUT2D eigenvalue weighted by molar-refractivity contribution is 7.85. The second-order valence-electron chi connectivity index (χ2n) is 4.74. The molecule has 0 saturated carbocycles. The Bertz CT molecular complexity index is 804. The van der Waals surface area contributed by atoms with Gasteiger partial charge in [-0.05, 0) is 35.9 Å². The third-order valence-electron chi connectivity index (χ3n) is 2.99. The van der Waals surface area contributed by atoms with Crippen molar-refractivity contribution in [3.63, 3.8) is 0 Å². The van der Waals surface area contributed by atoms with Crippen LogP contribution in [0.4, 0.5) is 8.78 Å². The molecule has 2 aromatic rings. The van der Waals surface area contributed by atoms with Crippen molar-refractivity contribution < 1.29 is 28.2 Å². The number of ether oxygens (including phenoxy) is 2. The van der Waals surface area contributed by atoms with Crippen LogP contribution in [0.1, 0.15) is 5.56 Å². The highest BCUT2D eigenvalue weighted by Gasteiger charge is 2.01. The number of hydrogen-bond acceptors (Lipinski definition) is 4. The first-order valence-corrected chi connectivity index (χ1v) is 7.76. The number of allylic oxidation sites excluding steroid dienone is 2. The third kappa shape index (κ3) is 6.98. The summed E-state index contributed by atoms with van der Waals surface area (Å²) in [4.78, 5) is 10.4. The molecular weight excluding hydrogens is 362 g/mol. The molecular formula is C19H18F2O4S. The van der Waals surface area contributed by atoms with Gasteiger partial charge in [0.1, 0.15) is 0 Å². The lowest BCUT2D eigenvalue weighted by molar-refractivity contribution is -0.131. The van der Waals surface area contributed by atoms with Crippen molar-refractivity contribution in [3.8, 4) is 11.5 Å². The molecule has 0 saturated heterocycles. The molecule has 7 heteroatoms. The van der Waals surface area contributed by atoms with E-state index in [1.54, 1.807) is 30.3 Å². The third-order valence-corrected chi connectivity index (χ3v) is 3.33. The zero-order valence-corrected chi connectivity index (χ0v) is 15.0. The van der Waals surface area contributed by atoms with Crippen LogP contribution in [0.25, 0.3) is 6.08 Å². The number of halogens is 2. The topological polar surface area (TPSA) is 55.8 Å². The van der Waals surface area contributed by atoms with Gasteiger partial charge in [0.15, 0.2) is 23.1 Å². The summed E-state index contributed by atoms with van der Waals surface area (Å²) in [5.74, 6) is -1.44. The Hall–Kier alpha value is -2.80. The van der Waals surface area contributed by atoms with Crippen LogP contribution in [0, 0.1) is 11.6 Å². The number of carboxylic acid groups (broad SMARTS) is 1. The van der Waals surface area contributed by atoms with Crippen LogP contribution in [-0.2, 0) is 4.79 Å². The summed E-state index contributed by atoms with van der Waals surface area (Å²) >= 11 is 3.75. The maximum Gasteiger partial charge on any atom is 0.341 e. The number of thiol groups is 1. The van der Waals surface area contributed by atoms with Gasteiger partial charge in [-0.3, -0.25) is 0 Å². The molecule has 0 spiro atoms. The number of aliphatic carboxylic acids is 1. The lowest BCUT2D eigenvalue weighted by atomic mass is 10.2. The van der Waals surface area contributed by atoms with E-state index < -0.39 is 11.8 Å². The van der Waals surface area contributed by atoms with Crippen molar-refractivity contribution >= 4 is 24.7 Å². The first-order chi connectivity index (χ1) is 12.4. The summed E-state index contributed by atoms with van der Waals surface area (Å²) in [5.41, 5.74) is 0.700. The fourth-order valence-corrected chi connectivity index (χ4v) is 1.80. The molecule has 0 radical (unpaired) electrons. The first kappa shape index (κ1) is 21.2. The van der Waals surface area contributed by atoms with Gasteiger partial charge in [0.05, 0.1) is 19.1 Å². The average Bonchev–Trinajstić information content (AvgIpc) is 2.63. The molecule has 0 aromatic heterocycles. The number of benzene rings is 2. The second-order valence-corrected chi connectivity index (χ2v) is 5.23. The minimum absolute atomic E-state index is 0.0738. The Balaban J connectivity index is 0.000000314. The Morgan fingerprint density at radius 2 is 1.65 bits per heavy atom. The van der Waals surface area contributed by atoms with E-state index in [1.807, 2.05) is 0 Å². The molecule has 0 unspecified atom stereocenters.